The first kappa shape index (κ1) is 70.7. The van der Waals surface area contributed by atoms with Gasteiger partial charge in [0, 0.05) is 52.0 Å². The Morgan fingerprint density at radius 3 is 1.31 bits per heavy atom. The Kier molecular flexibility index (Phi) is 16.7. The van der Waals surface area contributed by atoms with Crippen LogP contribution in [0, 0.1) is 0 Å². The van der Waals surface area contributed by atoms with E-state index in [1.165, 1.54) is 77.7 Å². The molecule has 0 saturated carbocycles. The molecule has 1 aliphatic carbocycles. The molecule has 0 fully saturated rings. The van der Waals surface area contributed by atoms with Gasteiger partial charge < -0.3 is 19.3 Å². The van der Waals surface area contributed by atoms with Crippen molar-refractivity contribution in [1.29, 1.82) is 0 Å². The summed E-state index contributed by atoms with van der Waals surface area (Å²) in [4.78, 5) is 5.32. The zero-order valence-electron chi connectivity index (χ0n) is 66.9. The molecular formula is C114H80B2N2O2. The van der Waals surface area contributed by atoms with Gasteiger partial charge in [-0.25, -0.2) is 0 Å². The van der Waals surface area contributed by atoms with Crippen LogP contribution in [0.15, 0.2) is 419 Å². The van der Waals surface area contributed by atoms with Gasteiger partial charge in [-0.05, 0) is 198 Å². The summed E-state index contributed by atoms with van der Waals surface area (Å²) in [6, 6.07) is 156. The van der Waals surface area contributed by atoms with E-state index in [2.05, 4.69) is 449 Å². The van der Waals surface area contributed by atoms with E-state index >= 15 is 0 Å². The predicted molar refractivity (Wildman–Crippen MR) is 502 cm³/mol. The molecule has 0 saturated heterocycles. The molecule has 18 aromatic carbocycles. The molecule has 6 heteroatoms. The molecule has 0 radical (unpaired) electrons. The number of nitrogens with zero attached hydrogens (tertiary/aromatic N) is 2. The van der Waals surface area contributed by atoms with Crippen molar-refractivity contribution in [1.82, 2.24) is 0 Å². The van der Waals surface area contributed by atoms with Crippen molar-refractivity contribution in [3.05, 3.63) is 452 Å². The second-order valence-corrected chi connectivity index (χ2v) is 33.6. The molecule has 0 N–H and O–H groups in total. The fraction of sp³-hybridized carbons (Fsp3) is 0.0526. The second-order valence-electron chi connectivity index (χ2n) is 33.6. The summed E-state index contributed by atoms with van der Waals surface area (Å²) in [5, 5.41) is 0. The lowest BCUT2D eigenvalue weighted by Crippen LogP contribution is -2.65. The van der Waals surface area contributed by atoms with Crippen molar-refractivity contribution in [2.45, 2.75) is 38.1 Å². The first-order valence-electron chi connectivity index (χ1n) is 41.9. The van der Waals surface area contributed by atoms with E-state index in [9.17, 15) is 0 Å². The summed E-state index contributed by atoms with van der Waals surface area (Å²) >= 11 is 0. The molecule has 4 nitrogen and oxygen atoms in total. The topological polar surface area (TPSA) is 24.9 Å². The maximum atomic E-state index is 8.42. The molecule has 23 rings (SSSR count). The minimum Gasteiger partial charge on any atom is -0.459 e. The first-order chi connectivity index (χ1) is 59.2. The normalized spacial score (nSPS) is 13.3. The predicted octanol–water partition coefficient (Wildman–Crippen LogP) is 25.4. The van der Waals surface area contributed by atoms with Crippen LogP contribution in [-0.2, 0) is 17.4 Å². The third-order valence-corrected chi connectivity index (χ3v) is 25.9. The van der Waals surface area contributed by atoms with E-state index in [-0.39, 0.29) is 5.41 Å². The third-order valence-electron chi connectivity index (χ3n) is 25.9. The first-order valence-corrected chi connectivity index (χ1v) is 41.9. The number of anilines is 5. The number of hydrogen-bond donors (Lipinski definition) is 0. The average Bonchev–Trinajstić information content (AvgIpc) is 0.840. The molecular weight excluding hydrogens is 1450 g/mol. The Labute approximate surface area is 702 Å². The van der Waals surface area contributed by atoms with Crippen LogP contribution in [0.25, 0.3) is 100 Å². The smallest absolute Gasteiger partial charge is 0.260 e. The van der Waals surface area contributed by atoms with Crippen LogP contribution in [0.4, 0.5) is 28.4 Å². The van der Waals surface area contributed by atoms with E-state index in [4.69, 9.17) is 9.47 Å². The Morgan fingerprint density at radius 1 is 0.267 bits per heavy atom. The van der Waals surface area contributed by atoms with Gasteiger partial charge in [-0.15, -0.1) is 0 Å². The summed E-state index contributed by atoms with van der Waals surface area (Å²) < 4.78 is 16.7. The van der Waals surface area contributed by atoms with Gasteiger partial charge in [-0.2, -0.15) is 0 Å². The molecule has 0 aromatic heterocycles. The number of ether oxygens (including phenoxy) is 2. The standard InChI is InChI=1S/C114H80B2N2O2/c1-113(2,3)89-70-102-108-103(71-89)118(100-68-83(76-38-17-6-18-39-76)57-61-91(100)80-46-25-10-26-47-80)104-72-106-110-112(109(104)116(108)97-62-58-84(77-40-19-7-20-41-77)69-101(97)117(102)73-86-64-81(74-34-13-4-14-35-74)56-60-90(86)79-44-23-9-24-45-79)119-105-63-59-82(75-36-15-5-16-37-75)66-98(105)115(110)99-67-85(78-42-21-8-22-43-78)65-94(111(99)120-106)92-53-33-55-96-107(92)93-52-31-32-54-95(93)114(96,87-48-27-11-28-49-87)88-50-29-12-30-51-88/h4-72H,73H2,1-3H3. The lowest BCUT2D eigenvalue weighted by molar-refractivity contribution is 0.468. The van der Waals surface area contributed by atoms with E-state index in [1.807, 2.05) is 0 Å². The van der Waals surface area contributed by atoms with Crippen molar-refractivity contribution in [3.63, 3.8) is 0 Å². The maximum absolute atomic E-state index is 8.42. The van der Waals surface area contributed by atoms with Crippen LogP contribution >= 0.6 is 0 Å². The van der Waals surface area contributed by atoms with Crippen LogP contribution in [0.3, 0.4) is 0 Å². The molecule has 120 heavy (non-hydrogen) atoms. The Hall–Kier alpha value is -14.7. The maximum Gasteiger partial charge on any atom is 0.260 e. The highest BCUT2D eigenvalue weighted by Gasteiger charge is 2.53. The molecule has 564 valence electrons. The molecule has 0 bridgehead atoms. The van der Waals surface area contributed by atoms with Gasteiger partial charge in [0.25, 0.3) is 13.4 Å². The van der Waals surface area contributed by atoms with Crippen molar-refractivity contribution >= 4 is 74.6 Å². The van der Waals surface area contributed by atoms with E-state index in [0.29, 0.717) is 6.54 Å². The average molecular weight is 1530 g/mol. The molecule has 4 aliphatic heterocycles. The summed E-state index contributed by atoms with van der Waals surface area (Å²) in [7, 11) is 0. The van der Waals surface area contributed by atoms with Gasteiger partial charge in [-0.3, -0.25) is 0 Å². The number of benzene rings is 18. The Morgan fingerprint density at radius 2 is 0.717 bits per heavy atom. The summed E-state index contributed by atoms with van der Waals surface area (Å²) in [5.41, 5.74) is 38.6. The van der Waals surface area contributed by atoms with Crippen molar-refractivity contribution in [2.24, 2.45) is 0 Å². The van der Waals surface area contributed by atoms with Crippen LogP contribution in [0.1, 0.15) is 54.2 Å². The van der Waals surface area contributed by atoms with Gasteiger partial charge in [0.1, 0.15) is 23.0 Å². The number of fused-ring (bicyclic) bond motifs is 12. The van der Waals surface area contributed by atoms with E-state index in [1.54, 1.807) is 0 Å². The molecule has 0 amide bonds. The highest BCUT2D eigenvalue weighted by atomic mass is 16.5. The van der Waals surface area contributed by atoms with Gasteiger partial charge >= 0.3 is 0 Å². The lowest BCUT2D eigenvalue weighted by atomic mass is 9.30. The Bertz CT molecular complexity index is 7040. The summed E-state index contributed by atoms with van der Waals surface area (Å²) in [6.45, 7) is 6.87. The Balaban J connectivity index is 0.848. The molecule has 5 aliphatic rings. The van der Waals surface area contributed by atoms with Gasteiger partial charge in [0.2, 0.25) is 0 Å². The van der Waals surface area contributed by atoms with Gasteiger partial charge in [0.15, 0.2) is 0 Å². The minimum absolute atomic E-state index is 0.344. The van der Waals surface area contributed by atoms with Crippen molar-refractivity contribution < 1.29 is 9.47 Å². The van der Waals surface area contributed by atoms with Crippen molar-refractivity contribution in [3.8, 4) is 123 Å². The molecule has 0 atom stereocenters. The molecule has 0 unspecified atom stereocenters. The van der Waals surface area contributed by atoms with Gasteiger partial charge in [0.05, 0.1) is 11.1 Å². The highest BCUT2D eigenvalue weighted by molar-refractivity contribution is 7.03. The molecule has 18 aromatic rings. The van der Waals surface area contributed by atoms with Crippen LogP contribution in [0.2, 0.25) is 0 Å². The molecule has 4 heterocycles. The zero-order chi connectivity index (χ0) is 79.7. The van der Waals surface area contributed by atoms with E-state index < -0.39 is 18.8 Å². The molecule has 0 spiro atoms. The second kappa shape index (κ2) is 28.3. The largest absolute Gasteiger partial charge is 0.459 e. The van der Waals surface area contributed by atoms with Gasteiger partial charge in [-0.1, -0.05) is 391 Å². The van der Waals surface area contributed by atoms with Crippen LogP contribution in [-0.4, -0.2) is 13.4 Å². The zero-order valence-corrected chi connectivity index (χ0v) is 66.9. The van der Waals surface area contributed by atoms with Crippen LogP contribution in [0.5, 0.6) is 23.0 Å². The lowest BCUT2D eigenvalue weighted by Gasteiger charge is -2.47. The fourth-order valence-electron chi connectivity index (χ4n) is 20.4. The summed E-state index contributed by atoms with van der Waals surface area (Å²) in [5.74, 6) is 3.16. The number of hydrogen-bond acceptors (Lipinski definition) is 4. The number of rotatable bonds is 13. The van der Waals surface area contributed by atoms with Crippen molar-refractivity contribution in [2.75, 3.05) is 9.80 Å². The monoisotopic (exact) mass is 1530 g/mol. The van der Waals surface area contributed by atoms with Crippen LogP contribution < -0.4 is 52.1 Å². The third kappa shape index (κ3) is 11.4. The summed E-state index contributed by atoms with van der Waals surface area (Å²) in [6.07, 6.45) is 0. The highest BCUT2D eigenvalue weighted by Crippen LogP contribution is 2.60. The quantitative estimate of drug-likeness (QED) is 0.107. The fourth-order valence-corrected chi connectivity index (χ4v) is 20.4. The SMILES string of the molecule is CC(C)(C)c1cc2c3c(c1)N(c1cc(-c4ccccc4)ccc1-c1ccccc1)c1cc4c5c(c1B3c1ccc(-c3ccccc3)cc1N2Cc1cc(-c2ccccc2)ccc1-c1ccccc1)Oc1ccc(-c2ccccc2)cc1B5c1cc(-c2ccccc2)cc(-c2cccc3c2-c2ccccc2C3(c2ccccc2)c2ccccc2)c1O4. The van der Waals surface area contributed by atoms with E-state index in [0.717, 1.165) is 140 Å². The minimum atomic E-state index is -0.657.